The van der Waals surface area contributed by atoms with Gasteiger partial charge in [-0.2, -0.15) is 0 Å². The van der Waals surface area contributed by atoms with Crippen LogP contribution in [0.5, 0.6) is 0 Å². The van der Waals surface area contributed by atoms with Gasteiger partial charge in [-0.15, -0.1) is 0 Å². The second kappa shape index (κ2) is 5.13. The number of rotatable bonds is 5. The maximum atomic E-state index is 10.3. The summed E-state index contributed by atoms with van der Waals surface area (Å²) in [6.07, 6.45) is 2.65. The van der Waals surface area contributed by atoms with Gasteiger partial charge >= 0.3 is 0 Å². The molecule has 2 atom stereocenters. The quantitative estimate of drug-likeness (QED) is 0.607. The molecule has 0 heterocycles. The minimum atomic E-state index is -1.13. The van der Waals surface area contributed by atoms with Crippen molar-refractivity contribution in [3.05, 3.63) is 0 Å². The Morgan fingerprint density at radius 2 is 2.09 bits per heavy atom. The first-order chi connectivity index (χ1) is 5.13. The van der Waals surface area contributed by atoms with Crippen molar-refractivity contribution in [1.82, 2.24) is 0 Å². The summed E-state index contributed by atoms with van der Waals surface area (Å²) in [5, 5.41) is 10.3. The molecule has 0 saturated carbocycles. The summed E-state index contributed by atoms with van der Waals surface area (Å²) in [4.78, 5) is 10.3. The zero-order chi connectivity index (χ0) is 8.85. The van der Waals surface area contributed by atoms with Gasteiger partial charge in [0.05, 0.1) is 5.97 Å². The van der Waals surface area contributed by atoms with E-state index in [-0.39, 0.29) is 5.92 Å². The minimum Gasteiger partial charge on any atom is -0.548 e. The standard InChI is InChI=1S/C8H17NO2/c1-3-5-6(4-2)7(9)8(10)11/h6-7H,3-5,9H2,1-2H3,(H,10,11)/p-1. The van der Waals surface area contributed by atoms with E-state index in [1.54, 1.807) is 0 Å². The Morgan fingerprint density at radius 1 is 1.55 bits per heavy atom. The maximum Gasteiger partial charge on any atom is 0.0585 e. The summed E-state index contributed by atoms with van der Waals surface area (Å²) in [6, 6.07) is -0.792. The number of hydrogen-bond donors (Lipinski definition) is 1. The van der Waals surface area contributed by atoms with Crippen LogP contribution < -0.4 is 10.8 Å². The lowest BCUT2D eigenvalue weighted by atomic mass is 9.93. The van der Waals surface area contributed by atoms with E-state index in [0.717, 1.165) is 19.3 Å². The predicted molar refractivity (Wildman–Crippen MR) is 41.7 cm³/mol. The van der Waals surface area contributed by atoms with Crippen molar-refractivity contribution in [3.63, 3.8) is 0 Å². The molecule has 0 aromatic heterocycles. The summed E-state index contributed by atoms with van der Waals surface area (Å²) >= 11 is 0. The second-order valence-electron chi connectivity index (χ2n) is 2.80. The molecule has 0 rings (SSSR count). The van der Waals surface area contributed by atoms with Crippen molar-refractivity contribution in [1.29, 1.82) is 0 Å². The molecule has 0 bridgehead atoms. The average molecular weight is 158 g/mol. The third-order valence-corrected chi connectivity index (χ3v) is 1.96. The van der Waals surface area contributed by atoms with Crippen molar-refractivity contribution in [2.75, 3.05) is 0 Å². The van der Waals surface area contributed by atoms with Gasteiger partial charge in [0.25, 0.3) is 0 Å². The highest BCUT2D eigenvalue weighted by atomic mass is 16.4. The third kappa shape index (κ3) is 3.37. The van der Waals surface area contributed by atoms with Gasteiger partial charge in [0.2, 0.25) is 0 Å². The number of hydrogen-bond acceptors (Lipinski definition) is 3. The van der Waals surface area contributed by atoms with Crippen LogP contribution in [0.3, 0.4) is 0 Å². The molecule has 0 aromatic carbocycles. The molecule has 0 spiro atoms. The van der Waals surface area contributed by atoms with Crippen molar-refractivity contribution < 1.29 is 9.90 Å². The van der Waals surface area contributed by atoms with Crippen LogP contribution in [0.1, 0.15) is 33.1 Å². The number of aliphatic carboxylic acids is 1. The first-order valence-electron chi connectivity index (χ1n) is 4.09. The van der Waals surface area contributed by atoms with Gasteiger partial charge in [0, 0.05) is 6.04 Å². The minimum absolute atomic E-state index is 0.0741. The highest BCUT2D eigenvalue weighted by molar-refractivity contribution is 5.71. The Balaban J connectivity index is 3.91. The second-order valence-corrected chi connectivity index (χ2v) is 2.80. The largest absolute Gasteiger partial charge is 0.548 e. The topological polar surface area (TPSA) is 66.2 Å². The van der Waals surface area contributed by atoms with Gasteiger partial charge in [-0.05, 0) is 12.3 Å². The van der Waals surface area contributed by atoms with Gasteiger partial charge in [0.1, 0.15) is 0 Å². The van der Waals surface area contributed by atoms with Gasteiger partial charge in [-0.1, -0.05) is 26.7 Å². The van der Waals surface area contributed by atoms with E-state index in [0.29, 0.717) is 0 Å². The van der Waals surface area contributed by atoms with E-state index in [9.17, 15) is 9.90 Å². The number of carbonyl (C=O) groups is 1. The molecule has 0 radical (unpaired) electrons. The summed E-state index contributed by atoms with van der Waals surface area (Å²) in [7, 11) is 0. The molecule has 11 heavy (non-hydrogen) atoms. The Labute approximate surface area is 67.6 Å². The highest BCUT2D eigenvalue weighted by Gasteiger charge is 2.15. The van der Waals surface area contributed by atoms with E-state index in [1.807, 2.05) is 13.8 Å². The van der Waals surface area contributed by atoms with Crippen LogP contribution in [0.4, 0.5) is 0 Å². The molecule has 0 aliphatic rings. The Hall–Kier alpha value is -0.570. The van der Waals surface area contributed by atoms with Gasteiger partial charge in [-0.3, -0.25) is 0 Å². The van der Waals surface area contributed by atoms with Crippen molar-refractivity contribution >= 4 is 5.97 Å². The van der Waals surface area contributed by atoms with Crippen LogP contribution in [0.15, 0.2) is 0 Å². The Bertz CT molecular complexity index is 125. The Morgan fingerprint density at radius 3 is 2.36 bits per heavy atom. The van der Waals surface area contributed by atoms with E-state index in [4.69, 9.17) is 5.73 Å². The predicted octanol–water partition coefficient (Wildman–Crippen LogP) is -0.110. The summed E-state index contributed by atoms with van der Waals surface area (Å²) in [5.74, 6) is -1.06. The summed E-state index contributed by atoms with van der Waals surface area (Å²) in [6.45, 7) is 3.97. The zero-order valence-electron chi connectivity index (χ0n) is 7.17. The van der Waals surface area contributed by atoms with Crippen LogP contribution in [-0.4, -0.2) is 12.0 Å². The van der Waals surface area contributed by atoms with Crippen LogP contribution in [0, 0.1) is 5.92 Å². The van der Waals surface area contributed by atoms with Crippen molar-refractivity contribution in [2.45, 2.75) is 39.2 Å². The molecule has 0 aromatic rings. The SMILES string of the molecule is CCCC(CC)C(N)C(=O)[O-]. The number of nitrogens with two attached hydrogens (primary N) is 1. The van der Waals surface area contributed by atoms with Gasteiger partial charge < -0.3 is 15.6 Å². The fourth-order valence-electron chi connectivity index (χ4n) is 1.20. The van der Waals surface area contributed by atoms with Crippen LogP contribution in [0.2, 0.25) is 0 Å². The van der Waals surface area contributed by atoms with E-state index >= 15 is 0 Å². The molecule has 2 unspecified atom stereocenters. The number of carboxylic acids is 1. The normalized spacial score (nSPS) is 15.9. The van der Waals surface area contributed by atoms with E-state index in [2.05, 4.69) is 0 Å². The molecule has 2 N–H and O–H groups in total. The molecule has 0 fully saturated rings. The molecule has 0 aliphatic heterocycles. The van der Waals surface area contributed by atoms with E-state index in [1.165, 1.54) is 0 Å². The van der Waals surface area contributed by atoms with Crippen LogP contribution in [-0.2, 0) is 4.79 Å². The first kappa shape index (κ1) is 10.4. The molecule has 0 amide bonds. The van der Waals surface area contributed by atoms with Crippen molar-refractivity contribution in [3.8, 4) is 0 Å². The van der Waals surface area contributed by atoms with Crippen molar-refractivity contribution in [2.24, 2.45) is 11.7 Å². The maximum absolute atomic E-state index is 10.3. The lowest BCUT2D eigenvalue weighted by molar-refractivity contribution is -0.308. The summed E-state index contributed by atoms with van der Waals surface area (Å²) in [5.41, 5.74) is 5.40. The molecule has 3 heteroatoms. The average Bonchev–Trinajstić information content (AvgIpc) is 1.98. The van der Waals surface area contributed by atoms with Gasteiger partial charge in [-0.25, -0.2) is 0 Å². The molecular weight excluding hydrogens is 142 g/mol. The zero-order valence-corrected chi connectivity index (χ0v) is 7.17. The van der Waals surface area contributed by atoms with E-state index < -0.39 is 12.0 Å². The van der Waals surface area contributed by atoms with Crippen LogP contribution >= 0.6 is 0 Å². The molecular formula is C8H16NO2-. The monoisotopic (exact) mass is 158 g/mol. The van der Waals surface area contributed by atoms with Gasteiger partial charge in [0.15, 0.2) is 0 Å². The number of carboxylic acid groups (broad SMARTS) is 1. The summed E-state index contributed by atoms with van der Waals surface area (Å²) < 4.78 is 0. The first-order valence-corrected chi connectivity index (χ1v) is 4.09. The molecule has 3 nitrogen and oxygen atoms in total. The molecule has 0 saturated heterocycles. The fraction of sp³-hybridized carbons (Fsp3) is 0.875. The number of carbonyl (C=O) groups excluding carboxylic acids is 1. The fourth-order valence-corrected chi connectivity index (χ4v) is 1.20. The lowest BCUT2D eigenvalue weighted by Crippen LogP contribution is -2.46. The van der Waals surface area contributed by atoms with Crippen LogP contribution in [0.25, 0.3) is 0 Å². The smallest absolute Gasteiger partial charge is 0.0585 e. The molecule has 66 valence electrons. The Kier molecular flexibility index (Phi) is 4.86. The lowest BCUT2D eigenvalue weighted by Gasteiger charge is -2.22. The third-order valence-electron chi connectivity index (χ3n) is 1.96. The molecule has 0 aliphatic carbocycles. The highest BCUT2D eigenvalue weighted by Crippen LogP contribution is 2.13.